The van der Waals surface area contributed by atoms with Gasteiger partial charge in [-0.2, -0.15) is 0 Å². The topological polar surface area (TPSA) is 37.6 Å². The van der Waals surface area contributed by atoms with Crippen LogP contribution >= 0.6 is 0 Å². The maximum atomic E-state index is 13.7. The van der Waals surface area contributed by atoms with Crippen molar-refractivity contribution in [1.29, 1.82) is 0 Å². The Bertz CT molecular complexity index is 1010. The highest BCUT2D eigenvalue weighted by atomic mass is 19.1. The third-order valence-corrected chi connectivity index (χ3v) is 6.59. The highest BCUT2D eigenvalue weighted by Crippen LogP contribution is 2.25. The standard InChI is InChI=1S/C28H35FN2O2/c1-22-9-5-6-15-28(22)33-21-27(32)20-31(25-12-3-2-4-13-25)19-26-14-8-16-30(26)18-23-10-7-11-24(29)17-23/h5-11,14-17,25,27,32H,2-4,12-13,18-21H2,1H3/t27-/m1/s1. The van der Waals surface area contributed by atoms with Gasteiger partial charge in [-0.25, -0.2) is 4.39 Å². The molecule has 0 spiro atoms. The number of benzene rings is 2. The van der Waals surface area contributed by atoms with E-state index in [1.54, 1.807) is 12.1 Å². The number of hydrogen-bond donors (Lipinski definition) is 1. The zero-order valence-corrected chi connectivity index (χ0v) is 19.5. The number of para-hydroxylation sites is 1. The summed E-state index contributed by atoms with van der Waals surface area (Å²) in [5.74, 6) is 0.617. The number of halogens is 1. The van der Waals surface area contributed by atoms with Gasteiger partial charge in [0.05, 0.1) is 0 Å². The molecular formula is C28H35FN2O2. The van der Waals surface area contributed by atoms with Gasteiger partial charge in [-0.3, -0.25) is 4.90 Å². The summed E-state index contributed by atoms with van der Waals surface area (Å²) in [5, 5.41) is 10.9. The first-order chi connectivity index (χ1) is 16.1. The van der Waals surface area contributed by atoms with E-state index in [1.807, 2.05) is 43.3 Å². The summed E-state index contributed by atoms with van der Waals surface area (Å²) in [4.78, 5) is 2.42. The van der Waals surface area contributed by atoms with Crippen molar-refractivity contribution in [1.82, 2.24) is 9.47 Å². The number of aryl methyl sites for hydroxylation is 1. The lowest BCUT2D eigenvalue weighted by Gasteiger charge is -2.35. The van der Waals surface area contributed by atoms with E-state index < -0.39 is 6.10 Å². The Morgan fingerprint density at radius 2 is 1.88 bits per heavy atom. The number of hydrogen-bond acceptors (Lipinski definition) is 3. The quantitative estimate of drug-likeness (QED) is 0.440. The molecule has 0 aliphatic heterocycles. The SMILES string of the molecule is Cc1ccccc1OC[C@H](O)CN(Cc1cccn1Cc1cccc(F)c1)C1CCCCC1. The van der Waals surface area contributed by atoms with Crippen LogP contribution in [0.3, 0.4) is 0 Å². The van der Waals surface area contributed by atoms with Gasteiger partial charge in [-0.05, 0) is 61.2 Å². The van der Waals surface area contributed by atoms with Crippen LogP contribution in [0.1, 0.15) is 48.9 Å². The van der Waals surface area contributed by atoms with Gasteiger partial charge in [0.25, 0.3) is 0 Å². The maximum Gasteiger partial charge on any atom is 0.123 e. The van der Waals surface area contributed by atoms with Crippen LogP contribution in [0.2, 0.25) is 0 Å². The van der Waals surface area contributed by atoms with Gasteiger partial charge in [-0.15, -0.1) is 0 Å². The Labute approximate surface area is 196 Å². The molecule has 4 rings (SSSR count). The van der Waals surface area contributed by atoms with Gasteiger partial charge in [-0.1, -0.05) is 49.6 Å². The largest absolute Gasteiger partial charge is 0.491 e. The smallest absolute Gasteiger partial charge is 0.123 e. The van der Waals surface area contributed by atoms with Crippen molar-refractivity contribution in [3.63, 3.8) is 0 Å². The van der Waals surface area contributed by atoms with Crippen LogP contribution in [0.4, 0.5) is 4.39 Å². The Hall–Kier alpha value is -2.63. The van der Waals surface area contributed by atoms with Crippen LogP contribution in [-0.4, -0.2) is 39.9 Å². The molecule has 1 heterocycles. The zero-order chi connectivity index (χ0) is 23.0. The predicted molar refractivity (Wildman–Crippen MR) is 130 cm³/mol. The van der Waals surface area contributed by atoms with Crippen molar-refractivity contribution in [3.8, 4) is 5.75 Å². The average Bonchev–Trinajstić information content (AvgIpc) is 3.25. The first-order valence-corrected chi connectivity index (χ1v) is 12.1. The van der Waals surface area contributed by atoms with Crippen molar-refractivity contribution >= 4 is 0 Å². The second-order valence-corrected chi connectivity index (χ2v) is 9.21. The summed E-state index contributed by atoms with van der Waals surface area (Å²) >= 11 is 0. The Morgan fingerprint density at radius 3 is 2.67 bits per heavy atom. The van der Waals surface area contributed by atoms with Gasteiger partial charge < -0.3 is 14.4 Å². The fraction of sp³-hybridized carbons (Fsp3) is 0.429. The molecule has 1 aliphatic carbocycles. The van der Waals surface area contributed by atoms with E-state index in [2.05, 4.69) is 21.7 Å². The summed E-state index contributed by atoms with van der Waals surface area (Å²) in [6.45, 7) is 4.26. The van der Waals surface area contributed by atoms with Crippen LogP contribution in [0, 0.1) is 12.7 Å². The highest BCUT2D eigenvalue weighted by molar-refractivity contribution is 5.31. The minimum absolute atomic E-state index is 0.207. The monoisotopic (exact) mass is 450 g/mol. The minimum Gasteiger partial charge on any atom is -0.491 e. The summed E-state index contributed by atoms with van der Waals surface area (Å²) < 4.78 is 21.8. The second-order valence-electron chi connectivity index (χ2n) is 9.21. The molecule has 33 heavy (non-hydrogen) atoms. The normalized spacial score (nSPS) is 15.6. The third kappa shape index (κ3) is 6.68. The van der Waals surface area contributed by atoms with Crippen molar-refractivity contribution in [2.24, 2.45) is 0 Å². The van der Waals surface area contributed by atoms with E-state index in [0.29, 0.717) is 19.1 Å². The van der Waals surface area contributed by atoms with Gasteiger partial charge in [0, 0.05) is 37.6 Å². The number of aliphatic hydroxyl groups is 1. The van der Waals surface area contributed by atoms with Gasteiger partial charge in [0.2, 0.25) is 0 Å². The molecule has 1 atom stereocenters. The molecule has 176 valence electrons. The van der Waals surface area contributed by atoms with Crippen molar-refractivity contribution in [2.45, 2.75) is 64.3 Å². The van der Waals surface area contributed by atoms with E-state index in [-0.39, 0.29) is 12.4 Å². The lowest BCUT2D eigenvalue weighted by atomic mass is 9.94. The predicted octanol–water partition coefficient (Wildman–Crippen LogP) is 5.56. The number of nitrogens with zero attached hydrogens (tertiary/aromatic N) is 2. The molecular weight excluding hydrogens is 415 g/mol. The van der Waals surface area contributed by atoms with E-state index in [1.165, 1.54) is 31.0 Å². The molecule has 2 aromatic carbocycles. The molecule has 1 aliphatic rings. The summed E-state index contributed by atoms with van der Waals surface area (Å²) in [5.41, 5.74) is 3.20. The number of aromatic nitrogens is 1. The molecule has 1 saturated carbocycles. The van der Waals surface area contributed by atoms with Crippen molar-refractivity contribution in [3.05, 3.63) is 89.5 Å². The van der Waals surface area contributed by atoms with Crippen LogP contribution in [-0.2, 0) is 13.1 Å². The van der Waals surface area contributed by atoms with Crippen LogP contribution in [0.25, 0.3) is 0 Å². The Balaban J connectivity index is 1.43. The molecule has 0 radical (unpaired) electrons. The number of aliphatic hydroxyl groups excluding tert-OH is 1. The maximum absolute atomic E-state index is 13.7. The molecule has 3 aromatic rings. The summed E-state index contributed by atoms with van der Waals surface area (Å²) in [6.07, 6.45) is 7.57. The molecule has 0 amide bonds. The molecule has 1 fully saturated rings. The minimum atomic E-state index is -0.571. The lowest BCUT2D eigenvalue weighted by Crippen LogP contribution is -2.43. The first kappa shape index (κ1) is 23.5. The van der Waals surface area contributed by atoms with E-state index in [9.17, 15) is 9.50 Å². The van der Waals surface area contributed by atoms with E-state index in [4.69, 9.17) is 4.74 Å². The van der Waals surface area contributed by atoms with Crippen molar-refractivity contribution < 1.29 is 14.2 Å². The molecule has 0 saturated heterocycles. The van der Waals surface area contributed by atoms with E-state index in [0.717, 1.165) is 36.3 Å². The Morgan fingerprint density at radius 1 is 1.06 bits per heavy atom. The lowest BCUT2D eigenvalue weighted by molar-refractivity contribution is 0.0387. The molecule has 1 aromatic heterocycles. The molecule has 0 unspecified atom stereocenters. The molecule has 4 nitrogen and oxygen atoms in total. The van der Waals surface area contributed by atoms with Crippen LogP contribution in [0.15, 0.2) is 66.9 Å². The summed E-state index contributed by atoms with van der Waals surface area (Å²) in [6, 6.07) is 19.3. The van der Waals surface area contributed by atoms with Gasteiger partial charge in [0.15, 0.2) is 0 Å². The molecule has 5 heteroatoms. The van der Waals surface area contributed by atoms with Crippen molar-refractivity contribution in [2.75, 3.05) is 13.2 Å². The third-order valence-electron chi connectivity index (χ3n) is 6.59. The van der Waals surface area contributed by atoms with E-state index >= 15 is 0 Å². The molecule has 1 N–H and O–H groups in total. The van der Waals surface area contributed by atoms with Crippen LogP contribution in [0.5, 0.6) is 5.75 Å². The fourth-order valence-electron chi connectivity index (χ4n) is 4.80. The Kier molecular flexibility index (Phi) is 8.19. The summed E-state index contributed by atoms with van der Waals surface area (Å²) in [7, 11) is 0. The zero-order valence-electron chi connectivity index (χ0n) is 19.5. The number of rotatable bonds is 10. The average molecular weight is 451 g/mol. The highest BCUT2D eigenvalue weighted by Gasteiger charge is 2.24. The van der Waals surface area contributed by atoms with Crippen LogP contribution < -0.4 is 4.74 Å². The fourth-order valence-corrected chi connectivity index (χ4v) is 4.80. The molecule has 0 bridgehead atoms. The second kappa shape index (κ2) is 11.5. The van der Waals surface area contributed by atoms with Gasteiger partial charge in [0.1, 0.15) is 24.3 Å². The number of ether oxygens (including phenoxy) is 1. The first-order valence-electron chi connectivity index (χ1n) is 12.1. The van der Waals surface area contributed by atoms with Gasteiger partial charge >= 0.3 is 0 Å².